The molecule has 0 saturated heterocycles. The summed E-state index contributed by atoms with van der Waals surface area (Å²) in [7, 11) is 1.89. The molecule has 8 heteroatoms. The van der Waals surface area contributed by atoms with Gasteiger partial charge in [-0.1, -0.05) is 36.4 Å². The van der Waals surface area contributed by atoms with Gasteiger partial charge in [0.2, 0.25) is 0 Å². The van der Waals surface area contributed by atoms with Gasteiger partial charge in [-0.2, -0.15) is 0 Å². The third-order valence-corrected chi connectivity index (χ3v) is 6.88. The van der Waals surface area contributed by atoms with Crippen LogP contribution < -0.4 is 16.4 Å². The van der Waals surface area contributed by atoms with Gasteiger partial charge in [-0.15, -0.1) is 11.3 Å². The fraction of sp³-hybridized carbons (Fsp3) is 0.185. The number of carbonyl (C=O) groups excluding carboxylic acids is 1. The SMILES string of the molecule is CNCc1ccccc1-c1ccc(C(=O)NC(CC(N)c2cccnc2)c2c(O)cccc2F)s1. The number of aromatic hydroxyl groups is 1. The summed E-state index contributed by atoms with van der Waals surface area (Å²) in [5.74, 6) is -1.21. The first-order valence-electron chi connectivity index (χ1n) is 11.2. The number of hydrogen-bond donors (Lipinski definition) is 4. The Morgan fingerprint density at radius 1 is 1.11 bits per heavy atom. The first kappa shape index (κ1) is 24.5. The third-order valence-electron chi connectivity index (χ3n) is 5.77. The van der Waals surface area contributed by atoms with Crippen molar-refractivity contribution in [3.8, 4) is 16.2 Å². The first-order valence-corrected chi connectivity index (χ1v) is 12.1. The van der Waals surface area contributed by atoms with Crippen LogP contribution in [0.25, 0.3) is 10.4 Å². The van der Waals surface area contributed by atoms with Crippen LogP contribution >= 0.6 is 11.3 Å². The van der Waals surface area contributed by atoms with Gasteiger partial charge in [0.05, 0.1) is 16.5 Å². The van der Waals surface area contributed by atoms with E-state index in [9.17, 15) is 14.3 Å². The molecule has 2 atom stereocenters. The quantitative estimate of drug-likeness (QED) is 0.266. The summed E-state index contributed by atoms with van der Waals surface area (Å²) < 4.78 is 14.8. The molecule has 6 nitrogen and oxygen atoms in total. The zero-order valence-corrected chi connectivity index (χ0v) is 20.1. The van der Waals surface area contributed by atoms with Gasteiger partial charge >= 0.3 is 0 Å². The Labute approximate surface area is 207 Å². The minimum absolute atomic E-state index is 0.0105. The van der Waals surface area contributed by atoms with Gasteiger partial charge in [0.1, 0.15) is 11.6 Å². The van der Waals surface area contributed by atoms with Crippen molar-refractivity contribution in [2.45, 2.75) is 25.0 Å². The van der Waals surface area contributed by atoms with Crippen LogP contribution in [-0.2, 0) is 6.54 Å². The lowest BCUT2D eigenvalue weighted by molar-refractivity contribution is 0.0936. The number of benzene rings is 2. The van der Waals surface area contributed by atoms with E-state index in [2.05, 4.69) is 15.6 Å². The van der Waals surface area contributed by atoms with E-state index >= 15 is 0 Å². The Hall–Kier alpha value is -3.59. The predicted octanol–water partition coefficient (Wildman–Crippen LogP) is 4.94. The summed E-state index contributed by atoms with van der Waals surface area (Å²) in [5.41, 5.74) is 9.31. The van der Waals surface area contributed by atoms with E-state index in [1.807, 2.05) is 43.4 Å². The topological polar surface area (TPSA) is 100 Å². The number of amides is 1. The maximum absolute atomic E-state index is 14.8. The smallest absolute Gasteiger partial charge is 0.261 e. The molecule has 2 heterocycles. The van der Waals surface area contributed by atoms with Gasteiger partial charge in [0, 0.05) is 29.9 Å². The number of halogens is 1. The molecule has 2 aromatic heterocycles. The minimum Gasteiger partial charge on any atom is -0.507 e. The van der Waals surface area contributed by atoms with E-state index in [4.69, 9.17) is 5.73 Å². The zero-order valence-electron chi connectivity index (χ0n) is 19.2. The largest absolute Gasteiger partial charge is 0.507 e. The van der Waals surface area contributed by atoms with Crippen LogP contribution in [0.2, 0.25) is 0 Å². The standard InChI is InChI=1S/C27H27FN4O2S/c1-30-15-17-6-2-3-8-19(17)24-11-12-25(35-24)27(34)32-22(26-20(28)9-4-10-23(26)33)14-21(29)18-7-5-13-31-16-18/h2-13,16,21-22,30,33H,14-15,29H2,1H3,(H,32,34). The van der Waals surface area contributed by atoms with Crippen molar-refractivity contribution in [2.24, 2.45) is 5.73 Å². The van der Waals surface area contributed by atoms with Crippen molar-refractivity contribution in [1.29, 1.82) is 0 Å². The molecule has 2 aromatic carbocycles. The summed E-state index contributed by atoms with van der Waals surface area (Å²) in [6.45, 7) is 0.705. The highest BCUT2D eigenvalue weighted by molar-refractivity contribution is 7.17. The average Bonchev–Trinajstić information content (AvgIpc) is 3.35. The molecule has 2 unspecified atom stereocenters. The van der Waals surface area contributed by atoms with Crippen molar-refractivity contribution in [3.05, 3.63) is 107 Å². The fourth-order valence-electron chi connectivity index (χ4n) is 4.04. The molecule has 5 N–H and O–H groups in total. The van der Waals surface area contributed by atoms with Crippen molar-refractivity contribution in [1.82, 2.24) is 15.6 Å². The number of aromatic nitrogens is 1. The van der Waals surface area contributed by atoms with E-state index in [1.54, 1.807) is 24.5 Å². The van der Waals surface area contributed by atoms with Gasteiger partial charge in [-0.05, 0) is 60.5 Å². The van der Waals surface area contributed by atoms with Crippen LogP contribution in [0, 0.1) is 5.82 Å². The predicted molar refractivity (Wildman–Crippen MR) is 137 cm³/mol. The Bertz CT molecular complexity index is 1280. The summed E-state index contributed by atoms with van der Waals surface area (Å²) in [5, 5.41) is 16.5. The summed E-state index contributed by atoms with van der Waals surface area (Å²) >= 11 is 1.36. The number of hydrogen-bond acceptors (Lipinski definition) is 6. The maximum Gasteiger partial charge on any atom is 0.261 e. The molecule has 4 aromatic rings. The summed E-state index contributed by atoms with van der Waals surface area (Å²) in [6.07, 6.45) is 3.45. The molecular weight excluding hydrogens is 463 g/mol. The molecule has 0 aliphatic carbocycles. The number of nitrogens with two attached hydrogens (primary N) is 1. The second kappa shape index (κ2) is 11.2. The number of phenols is 1. The molecule has 35 heavy (non-hydrogen) atoms. The van der Waals surface area contributed by atoms with E-state index in [-0.39, 0.29) is 23.6 Å². The normalized spacial score (nSPS) is 12.8. The number of thiophene rings is 1. The number of nitrogens with zero attached hydrogens (tertiary/aromatic N) is 1. The van der Waals surface area contributed by atoms with Crippen LogP contribution in [0.4, 0.5) is 4.39 Å². The third kappa shape index (κ3) is 5.74. The Morgan fingerprint density at radius 2 is 1.94 bits per heavy atom. The second-order valence-electron chi connectivity index (χ2n) is 8.18. The van der Waals surface area contributed by atoms with Gasteiger partial charge in [0.25, 0.3) is 5.91 Å². The number of carbonyl (C=O) groups is 1. The highest BCUT2D eigenvalue weighted by atomic mass is 32.1. The molecule has 0 radical (unpaired) electrons. The summed E-state index contributed by atoms with van der Waals surface area (Å²) in [6, 6.07) is 18.0. The van der Waals surface area contributed by atoms with Crippen LogP contribution in [0.5, 0.6) is 5.75 Å². The monoisotopic (exact) mass is 490 g/mol. The molecule has 0 saturated carbocycles. The maximum atomic E-state index is 14.8. The van der Waals surface area contributed by atoms with Crippen LogP contribution in [0.3, 0.4) is 0 Å². The molecule has 4 rings (SSSR count). The van der Waals surface area contributed by atoms with Gasteiger partial charge in [0.15, 0.2) is 0 Å². The van der Waals surface area contributed by atoms with Crippen molar-refractivity contribution in [2.75, 3.05) is 7.05 Å². The number of nitrogens with one attached hydrogen (secondary N) is 2. The van der Waals surface area contributed by atoms with E-state index in [0.717, 1.165) is 21.6 Å². The first-order chi connectivity index (χ1) is 17.0. The molecular formula is C27H27FN4O2S. The van der Waals surface area contributed by atoms with Crippen molar-refractivity contribution in [3.63, 3.8) is 0 Å². The molecule has 1 amide bonds. The van der Waals surface area contributed by atoms with E-state index in [1.165, 1.54) is 29.5 Å². The molecule has 180 valence electrons. The Morgan fingerprint density at radius 3 is 2.69 bits per heavy atom. The molecule has 0 fully saturated rings. The zero-order chi connectivity index (χ0) is 24.8. The highest BCUT2D eigenvalue weighted by Gasteiger charge is 2.26. The molecule has 0 aliphatic rings. The lowest BCUT2D eigenvalue weighted by Gasteiger charge is -2.24. The highest BCUT2D eigenvalue weighted by Crippen LogP contribution is 2.34. The van der Waals surface area contributed by atoms with Crippen LogP contribution in [0.1, 0.15) is 44.9 Å². The number of pyridine rings is 1. The molecule has 0 spiro atoms. The lowest BCUT2D eigenvalue weighted by atomic mass is 9.95. The molecule has 0 aliphatic heterocycles. The minimum atomic E-state index is -0.846. The Kier molecular flexibility index (Phi) is 7.87. The van der Waals surface area contributed by atoms with Gasteiger partial charge in [-0.25, -0.2) is 4.39 Å². The van der Waals surface area contributed by atoms with E-state index < -0.39 is 17.9 Å². The summed E-state index contributed by atoms with van der Waals surface area (Å²) in [4.78, 5) is 18.8. The van der Waals surface area contributed by atoms with Gasteiger partial charge in [-0.3, -0.25) is 9.78 Å². The number of rotatable bonds is 9. The van der Waals surface area contributed by atoms with Crippen LogP contribution in [0.15, 0.2) is 79.1 Å². The van der Waals surface area contributed by atoms with Crippen molar-refractivity contribution < 1.29 is 14.3 Å². The van der Waals surface area contributed by atoms with Gasteiger partial charge < -0.3 is 21.5 Å². The Balaban J connectivity index is 1.61. The van der Waals surface area contributed by atoms with E-state index in [0.29, 0.717) is 11.4 Å². The number of phenolic OH excluding ortho intramolecular Hbond substituents is 1. The second-order valence-corrected chi connectivity index (χ2v) is 9.26. The molecule has 0 bridgehead atoms. The lowest BCUT2D eigenvalue weighted by Crippen LogP contribution is -2.31. The van der Waals surface area contributed by atoms with Crippen LogP contribution in [-0.4, -0.2) is 23.0 Å². The average molecular weight is 491 g/mol. The fourth-order valence-corrected chi connectivity index (χ4v) is 5.01. The van der Waals surface area contributed by atoms with Crippen molar-refractivity contribution >= 4 is 17.2 Å².